The van der Waals surface area contributed by atoms with E-state index in [0.717, 1.165) is 35.2 Å². The van der Waals surface area contributed by atoms with E-state index in [1.54, 1.807) is 12.0 Å². The minimum Gasteiger partial charge on any atom is -0.497 e. The van der Waals surface area contributed by atoms with Crippen LogP contribution >= 0.6 is 0 Å². The summed E-state index contributed by atoms with van der Waals surface area (Å²) in [6.07, 6.45) is 3.46. The van der Waals surface area contributed by atoms with E-state index >= 15 is 0 Å². The number of fused-ring (bicyclic) bond motifs is 1. The molecular weight excluding hydrogens is 354 g/mol. The largest absolute Gasteiger partial charge is 0.497 e. The number of piperidine rings is 1. The molecule has 2 amide bonds. The third-order valence-electron chi connectivity index (χ3n) is 5.24. The minimum atomic E-state index is -0.214. The Bertz CT molecular complexity index is 994. The van der Waals surface area contributed by atoms with Crippen LogP contribution in [0.1, 0.15) is 23.2 Å². The van der Waals surface area contributed by atoms with Crippen LogP contribution in [0.4, 0.5) is 5.69 Å². The Hall–Kier alpha value is -3.28. The van der Waals surface area contributed by atoms with E-state index in [2.05, 4.69) is 10.3 Å². The zero-order chi connectivity index (χ0) is 19.5. The van der Waals surface area contributed by atoms with Crippen LogP contribution in [-0.2, 0) is 4.79 Å². The van der Waals surface area contributed by atoms with Gasteiger partial charge in [-0.25, -0.2) is 0 Å². The number of H-pyrrole nitrogens is 1. The van der Waals surface area contributed by atoms with Gasteiger partial charge in [-0.3, -0.25) is 9.59 Å². The molecule has 28 heavy (non-hydrogen) atoms. The van der Waals surface area contributed by atoms with Crippen LogP contribution < -0.4 is 10.1 Å². The summed E-state index contributed by atoms with van der Waals surface area (Å²) >= 11 is 0. The SMILES string of the molecule is COc1ccc(NC(=O)[C@H]2CCCN(C(=O)c3ccc4cc[nH]c4c3)C2)cc1. The molecule has 0 bridgehead atoms. The number of nitrogens with zero attached hydrogens (tertiary/aromatic N) is 1. The summed E-state index contributed by atoms with van der Waals surface area (Å²) in [5.41, 5.74) is 2.31. The molecule has 6 nitrogen and oxygen atoms in total. The number of rotatable bonds is 4. The molecule has 1 atom stereocenters. The minimum absolute atomic E-state index is 0.0292. The second kappa shape index (κ2) is 7.76. The number of nitrogens with one attached hydrogen (secondary N) is 2. The summed E-state index contributed by atoms with van der Waals surface area (Å²) in [5, 5.41) is 4.02. The van der Waals surface area contributed by atoms with Crippen molar-refractivity contribution in [2.24, 2.45) is 5.92 Å². The Balaban J connectivity index is 1.42. The van der Waals surface area contributed by atoms with Crippen LogP contribution in [0.15, 0.2) is 54.7 Å². The Morgan fingerprint density at radius 1 is 1.14 bits per heavy atom. The van der Waals surface area contributed by atoms with Crippen molar-refractivity contribution < 1.29 is 14.3 Å². The Kier molecular flexibility index (Phi) is 5.02. The average molecular weight is 377 g/mol. The van der Waals surface area contributed by atoms with Gasteiger partial charge >= 0.3 is 0 Å². The lowest BCUT2D eigenvalue weighted by molar-refractivity contribution is -0.121. The fourth-order valence-corrected chi connectivity index (χ4v) is 3.66. The number of anilines is 1. The number of hydrogen-bond donors (Lipinski definition) is 2. The molecule has 0 spiro atoms. The van der Waals surface area contributed by atoms with Gasteiger partial charge in [0.1, 0.15) is 5.75 Å². The first-order valence-electron chi connectivity index (χ1n) is 9.45. The monoisotopic (exact) mass is 377 g/mol. The van der Waals surface area contributed by atoms with E-state index in [1.165, 1.54) is 0 Å². The lowest BCUT2D eigenvalue weighted by Crippen LogP contribution is -2.43. The normalized spacial score (nSPS) is 16.8. The molecule has 3 aromatic rings. The van der Waals surface area contributed by atoms with Crippen molar-refractivity contribution in [3.05, 3.63) is 60.3 Å². The fourth-order valence-electron chi connectivity index (χ4n) is 3.66. The van der Waals surface area contributed by atoms with Crippen molar-refractivity contribution in [2.45, 2.75) is 12.8 Å². The maximum Gasteiger partial charge on any atom is 0.253 e. The highest BCUT2D eigenvalue weighted by atomic mass is 16.5. The predicted molar refractivity (Wildman–Crippen MR) is 109 cm³/mol. The van der Waals surface area contributed by atoms with Crippen molar-refractivity contribution in [2.75, 3.05) is 25.5 Å². The molecule has 0 saturated carbocycles. The van der Waals surface area contributed by atoms with Gasteiger partial charge < -0.3 is 19.9 Å². The van der Waals surface area contributed by atoms with E-state index in [-0.39, 0.29) is 17.7 Å². The van der Waals surface area contributed by atoms with Gasteiger partial charge in [0, 0.05) is 36.1 Å². The number of benzene rings is 2. The number of hydrogen-bond acceptors (Lipinski definition) is 3. The first-order chi connectivity index (χ1) is 13.6. The molecule has 4 rings (SSSR count). The number of likely N-dealkylation sites (tertiary alicyclic amines) is 1. The quantitative estimate of drug-likeness (QED) is 0.729. The van der Waals surface area contributed by atoms with Gasteiger partial charge in [0.25, 0.3) is 5.91 Å². The number of aromatic nitrogens is 1. The summed E-state index contributed by atoms with van der Waals surface area (Å²) < 4.78 is 5.14. The number of amides is 2. The molecule has 1 aliphatic heterocycles. The second-order valence-corrected chi connectivity index (χ2v) is 7.09. The lowest BCUT2D eigenvalue weighted by Gasteiger charge is -2.32. The lowest BCUT2D eigenvalue weighted by atomic mass is 9.96. The zero-order valence-electron chi connectivity index (χ0n) is 15.8. The summed E-state index contributed by atoms with van der Waals surface area (Å²) in [7, 11) is 1.61. The van der Waals surface area contributed by atoms with Crippen LogP contribution in [0.2, 0.25) is 0 Å². The van der Waals surface area contributed by atoms with E-state index in [9.17, 15) is 9.59 Å². The molecule has 2 aromatic carbocycles. The molecular formula is C22H23N3O3. The molecule has 1 saturated heterocycles. The van der Waals surface area contributed by atoms with Crippen molar-refractivity contribution in [1.29, 1.82) is 0 Å². The van der Waals surface area contributed by atoms with Gasteiger partial charge in [-0.15, -0.1) is 0 Å². The predicted octanol–water partition coefficient (Wildman–Crippen LogP) is 3.67. The highest BCUT2D eigenvalue weighted by molar-refractivity contribution is 5.99. The van der Waals surface area contributed by atoms with Crippen molar-refractivity contribution in [3.63, 3.8) is 0 Å². The third kappa shape index (κ3) is 3.71. The Morgan fingerprint density at radius 2 is 1.96 bits per heavy atom. The number of ether oxygens (including phenoxy) is 1. The van der Waals surface area contributed by atoms with E-state index in [4.69, 9.17) is 4.74 Å². The van der Waals surface area contributed by atoms with Crippen LogP contribution in [-0.4, -0.2) is 41.9 Å². The Labute approximate surface area is 163 Å². The second-order valence-electron chi connectivity index (χ2n) is 7.09. The molecule has 0 radical (unpaired) electrons. The molecule has 144 valence electrons. The molecule has 0 unspecified atom stereocenters. The topological polar surface area (TPSA) is 74.4 Å². The molecule has 0 aliphatic carbocycles. The number of carbonyl (C=O) groups is 2. The smallest absolute Gasteiger partial charge is 0.253 e. The van der Waals surface area contributed by atoms with Crippen LogP contribution in [0, 0.1) is 5.92 Å². The van der Waals surface area contributed by atoms with Gasteiger partial charge in [-0.2, -0.15) is 0 Å². The Morgan fingerprint density at radius 3 is 2.75 bits per heavy atom. The van der Waals surface area contributed by atoms with Crippen LogP contribution in [0.5, 0.6) is 5.75 Å². The summed E-state index contributed by atoms with van der Waals surface area (Å²) in [6.45, 7) is 1.11. The number of aromatic amines is 1. The van der Waals surface area contributed by atoms with Gasteiger partial charge in [0.05, 0.1) is 13.0 Å². The van der Waals surface area contributed by atoms with Gasteiger partial charge in [0.15, 0.2) is 0 Å². The zero-order valence-corrected chi connectivity index (χ0v) is 15.8. The molecule has 6 heteroatoms. The molecule has 2 heterocycles. The summed E-state index contributed by atoms with van der Waals surface area (Å²) in [5.74, 6) is 0.446. The van der Waals surface area contributed by atoms with Crippen LogP contribution in [0.25, 0.3) is 10.9 Å². The summed E-state index contributed by atoms with van der Waals surface area (Å²) in [6, 6.07) is 14.9. The molecule has 2 N–H and O–H groups in total. The number of carbonyl (C=O) groups excluding carboxylic acids is 2. The average Bonchev–Trinajstić information content (AvgIpc) is 3.21. The fraction of sp³-hybridized carbons (Fsp3) is 0.273. The molecule has 1 aliphatic rings. The number of methoxy groups -OCH3 is 1. The van der Waals surface area contributed by atoms with Gasteiger partial charge in [-0.1, -0.05) is 6.07 Å². The standard InChI is InChI=1S/C22H23N3O3/c1-28-19-8-6-18(7-9-19)24-21(26)17-3-2-12-25(14-17)22(27)16-5-4-15-10-11-23-20(15)13-16/h4-11,13,17,23H,2-3,12,14H2,1H3,(H,24,26)/t17-/m0/s1. The van der Waals surface area contributed by atoms with Crippen molar-refractivity contribution in [1.82, 2.24) is 9.88 Å². The highest BCUT2D eigenvalue weighted by Crippen LogP contribution is 2.23. The van der Waals surface area contributed by atoms with Gasteiger partial charge in [0.2, 0.25) is 5.91 Å². The van der Waals surface area contributed by atoms with E-state index < -0.39 is 0 Å². The van der Waals surface area contributed by atoms with Crippen LogP contribution in [0.3, 0.4) is 0 Å². The van der Waals surface area contributed by atoms with Crippen molar-refractivity contribution in [3.8, 4) is 5.75 Å². The van der Waals surface area contributed by atoms with Crippen molar-refractivity contribution >= 4 is 28.4 Å². The maximum atomic E-state index is 12.9. The maximum absolute atomic E-state index is 12.9. The third-order valence-corrected chi connectivity index (χ3v) is 5.24. The summed E-state index contributed by atoms with van der Waals surface area (Å²) in [4.78, 5) is 30.5. The first-order valence-corrected chi connectivity index (χ1v) is 9.45. The van der Waals surface area contributed by atoms with Gasteiger partial charge in [-0.05, 0) is 60.7 Å². The van der Waals surface area contributed by atoms with E-state index in [1.807, 2.05) is 54.7 Å². The van der Waals surface area contributed by atoms with E-state index in [0.29, 0.717) is 18.7 Å². The first kappa shape index (κ1) is 18.1. The highest BCUT2D eigenvalue weighted by Gasteiger charge is 2.29. The molecule has 1 fully saturated rings. The molecule has 1 aromatic heterocycles.